The van der Waals surface area contributed by atoms with Crippen molar-refractivity contribution in [3.8, 4) is 0 Å². The summed E-state index contributed by atoms with van der Waals surface area (Å²) in [6.07, 6.45) is 3.79. The first kappa shape index (κ1) is 19.2. The maximum atomic E-state index is 13.2. The summed E-state index contributed by atoms with van der Waals surface area (Å²) >= 11 is 7.60. The maximum Gasteiger partial charge on any atom is 0.416 e. The normalized spacial score (nSPS) is 34.0. The molecule has 1 heterocycles. The molecule has 1 aliphatic carbocycles. The van der Waals surface area contributed by atoms with E-state index in [0.29, 0.717) is 13.2 Å². The van der Waals surface area contributed by atoms with E-state index in [1.54, 1.807) is 17.8 Å². The first-order valence-corrected chi connectivity index (χ1v) is 9.48. The number of ether oxygens (including phenoxy) is 2. The molecule has 0 aromatic heterocycles. The molecule has 2 rings (SSSR count). The summed E-state index contributed by atoms with van der Waals surface area (Å²) in [6, 6.07) is 0. The average Bonchev–Trinajstić information content (AvgIpc) is 2.52. The van der Waals surface area contributed by atoms with Gasteiger partial charge in [-0.25, -0.2) is 0 Å². The highest BCUT2D eigenvalue weighted by molar-refractivity contribution is 7.99. The van der Waals surface area contributed by atoms with Gasteiger partial charge in [0.15, 0.2) is 6.29 Å². The number of hydrogen-bond acceptors (Lipinski definition) is 3. The van der Waals surface area contributed by atoms with Gasteiger partial charge < -0.3 is 9.47 Å². The van der Waals surface area contributed by atoms with E-state index in [1.807, 2.05) is 6.26 Å². The molecule has 1 saturated carbocycles. The third-order valence-corrected chi connectivity index (χ3v) is 5.49. The van der Waals surface area contributed by atoms with E-state index in [9.17, 15) is 13.2 Å². The van der Waals surface area contributed by atoms with Gasteiger partial charge in [-0.15, -0.1) is 11.6 Å². The number of thioether (sulfide) groups is 1. The van der Waals surface area contributed by atoms with Gasteiger partial charge in [0, 0.05) is 5.38 Å². The van der Waals surface area contributed by atoms with Crippen LogP contribution in [0.5, 0.6) is 0 Å². The van der Waals surface area contributed by atoms with Crippen LogP contribution in [0.15, 0.2) is 23.8 Å². The average molecular weight is 371 g/mol. The van der Waals surface area contributed by atoms with Gasteiger partial charge in [0.1, 0.15) is 0 Å². The SMILES string of the molecule is CSC1COC(/C=C(/C=C/C2CCC(Cl)CC2)C(F)(F)F)OC1. The summed E-state index contributed by atoms with van der Waals surface area (Å²) in [7, 11) is 0. The lowest BCUT2D eigenvalue weighted by atomic mass is 9.88. The van der Waals surface area contributed by atoms with E-state index >= 15 is 0 Å². The third kappa shape index (κ3) is 6.33. The quantitative estimate of drug-likeness (QED) is 0.516. The molecule has 0 bridgehead atoms. The Morgan fingerprint density at radius 1 is 1.13 bits per heavy atom. The van der Waals surface area contributed by atoms with Crippen molar-refractivity contribution in [3.63, 3.8) is 0 Å². The molecule has 1 saturated heterocycles. The number of hydrogen-bond donors (Lipinski definition) is 0. The van der Waals surface area contributed by atoms with Gasteiger partial charge in [-0.2, -0.15) is 24.9 Å². The number of alkyl halides is 4. The summed E-state index contributed by atoms with van der Waals surface area (Å²) in [4.78, 5) is 0. The van der Waals surface area contributed by atoms with Gasteiger partial charge in [-0.3, -0.25) is 0 Å². The highest BCUT2D eigenvalue weighted by Crippen LogP contribution is 2.32. The summed E-state index contributed by atoms with van der Waals surface area (Å²) < 4.78 is 50.2. The molecule has 0 radical (unpaired) electrons. The van der Waals surface area contributed by atoms with Gasteiger partial charge in [0.05, 0.1) is 24.0 Å². The Labute approximate surface area is 144 Å². The first-order chi connectivity index (χ1) is 10.9. The first-order valence-electron chi connectivity index (χ1n) is 7.75. The van der Waals surface area contributed by atoms with Gasteiger partial charge in [0.2, 0.25) is 0 Å². The van der Waals surface area contributed by atoms with Gasteiger partial charge in [-0.1, -0.05) is 12.2 Å². The lowest BCUT2D eigenvalue weighted by Crippen LogP contribution is -2.33. The number of halogens is 4. The Kier molecular flexibility index (Phi) is 7.32. The highest BCUT2D eigenvalue weighted by atomic mass is 35.5. The lowest BCUT2D eigenvalue weighted by Gasteiger charge is -2.27. The van der Waals surface area contributed by atoms with Crippen molar-refractivity contribution < 1.29 is 22.6 Å². The predicted molar refractivity (Wildman–Crippen MR) is 87.9 cm³/mol. The Morgan fingerprint density at radius 3 is 2.26 bits per heavy atom. The molecule has 132 valence electrons. The van der Waals surface area contributed by atoms with Crippen molar-refractivity contribution in [1.29, 1.82) is 0 Å². The third-order valence-electron chi connectivity index (χ3n) is 4.12. The molecule has 2 aliphatic rings. The molecule has 0 amide bonds. The molecule has 0 spiro atoms. The Bertz CT molecular complexity index is 424. The van der Waals surface area contributed by atoms with Crippen molar-refractivity contribution in [1.82, 2.24) is 0 Å². The standard InChI is InChI=1S/C16H22ClF3O2S/c1-23-14-9-21-15(22-10-14)8-12(16(18,19)20)5-2-11-3-6-13(17)7-4-11/h2,5,8,11,13-15H,3-4,6-7,9-10H2,1H3/b5-2+,12-8-. The maximum absolute atomic E-state index is 13.2. The van der Waals surface area contributed by atoms with Crippen molar-refractivity contribution >= 4 is 23.4 Å². The Morgan fingerprint density at radius 2 is 1.74 bits per heavy atom. The van der Waals surface area contributed by atoms with Crippen LogP contribution >= 0.6 is 23.4 Å². The van der Waals surface area contributed by atoms with Gasteiger partial charge >= 0.3 is 6.18 Å². The topological polar surface area (TPSA) is 18.5 Å². The lowest BCUT2D eigenvalue weighted by molar-refractivity contribution is -0.150. The van der Waals surface area contributed by atoms with Gasteiger partial charge in [-0.05, 0) is 43.9 Å². The summed E-state index contributed by atoms with van der Waals surface area (Å²) in [6.45, 7) is 0.799. The van der Waals surface area contributed by atoms with Gasteiger partial charge in [0.25, 0.3) is 0 Å². The van der Waals surface area contributed by atoms with Crippen LogP contribution in [0.25, 0.3) is 0 Å². The van der Waals surface area contributed by atoms with E-state index in [2.05, 4.69) is 0 Å². The van der Waals surface area contributed by atoms with Crippen molar-refractivity contribution in [2.75, 3.05) is 19.5 Å². The molecule has 1 aliphatic heterocycles. The molecule has 0 N–H and O–H groups in total. The van der Waals surface area contributed by atoms with Crippen molar-refractivity contribution in [2.45, 2.75) is 48.8 Å². The van der Waals surface area contributed by atoms with E-state index < -0.39 is 18.0 Å². The van der Waals surface area contributed by atoms with Crippen LogP contribution in [-0.2, 0) is 9.47 Å². The van der Waals surface area contributed by atoms with Crippen LogP contribution in [0.4, 0.5) is 13.2 Å². The van der Waals surface area contributed by atoms with Crippen LogP contribution in [0, 0.1) is 5.92 Å². The smallest absolute Gasteiger partial charge is 0.348 e. The monoisotopic (exact) mass is 370 g/mol. The molecule has 2 nitrogen and oxygen atoms in total. The minimum atomic E-state index is -4.41. The van der Waals surface area contributed by atoms with Crippen molar-refractivity contribution in [2.24, 2.45) is 5.92 Å². The molecule has 0 atom stereocenters. The van der Waals surface area contributed by atoms with E-state index in [-0.39, 0.29) is 16.5 Å². The second kappa shape index (κ2) is 8.79. The second-order valence-corrected chi connectivity index (χ2v) is 7.64. The molecule has 2 fully saturated rings. The minimum absolute atomic E-state index is 0.157. The van der Waals surface area contributed by atoms with E-state index in [4.69, 9.17) is 21.1 Å². The molecule has 0 aromatic rings. The fourth-order valence-electron chi connectivity index (χ4n) is 2.63. The Balaban J connectivity index is 1.98. The molecule has 0 aromatic carbocycles. The summed E-state index contributed by atoms with van der Waals surface area (Å²) in [5.74, 6) is 0.157. The zero-order chi connectivity index (χ0) is 16.9. The van der Waals surface area contributed by atoms with Crippen LogP contribution in [0.2, 0.25) is 0 Å². The van der Waals surface area contributed by atoms with Crippen LogP contribution in [-0.4, -0.2) is 42.6 Å². The molecule has 7 heteroatoms. The van der Waals surface area contributed by atoms with E-state index in [1.165, 1.54) is 0 Å². The highest BCUT2D eigenvalue weighted by Gasteiger charge is 2.34. The minimum Gasteiger partial charge on any atom is -0.348 e. The molecule has 0 unspecified atom stereocenters. The largest absolute Gasteiger partial charge is 0.416 e. The van der Waals surface area contributed by atoms with Crippen LogP contribution < -0.4 is 0 Å². The Hall–Kier alpha value is -0.170. The van der Waals surface area contributed by atoms with Crippen LogP contribution in [0.3, 0.4) is 0 Å². The number of allylic oxidation sites excluding steroid dienone is 3. The number of rotatable bonds is 4. The fourth-order valence-corrected chi connectivity index (χ4v) is 3.32. The second-order valence-electron chi connectivity index (χ2n) is 5.88. The molecular formula is C16H22ClF3O2S. The zero-order valence-corrected chi connectivity index (χ0v) is 14.6. The zero-order valence-electron chi connectivity index (χ0n) is 13.0. The summed E-state index contributed by atoms with van der Waals surface area (Å²) in [5, 5.41) is 0.334. The predicted octanol–water partition coefficient (Wildman–Crippen LogP) is 4.93. The van der Waals surface area contributed by atoms with Crippen molar-refractivity contribution in [3.05, 3.63) is 23.8 Å². The van der Waals surface area contributed by atoms with E-state index in [0.717, 1.165) is 37.8 Å². The summed E-state index contributed by atoms with van der Waals surface area (Å²) in [5.41, 5.74) is -0.710. The fraction of sp³-hybridized carbons (Fsp3) is 0.750. The van der Waals surface area contributed by atoms with Crippen LogP contribution in [0.1, 0.15) is 25.7 Å². The molecular weight excluding hydrogens is 349 g/mol. The molecule has 23 heavy (non-hydrogen) atoms.